The SMILES string of the molecule is O=C(CNCC(=O)c1csc(NC(=O)NCc2ccccc2)n1)NC[C@@H](NC(=O)OCc1ccccc1)C(=O)O. The molecule has 2 aromatic carbocycles. The molecule has 0 bridgehead atoms. The van der Waals surface area contributed by atoms with E-state index in [0.29, 0.717) is 6.54 Å². The lowest BCUT2D eigenvalue weighted by Crippen LogP contribution is -2.49. The molecule has 4 amide bonds. The van der Waals surface area contributed by atoms with E-state index in [1.165, 1.54) is 5.38 Å². The summed E-state index contributed by atoms with van der Waals surface area (Å²) in [6, 6.07) is 16.3. The Labute approximate surface area is 233 Å². The highest BCUT2D eigenvalue weighted by molar-refractivity contribution is 7.14. The van der Waals surface area contributed by atoms with E-state index in [9.17, 15) is 29.1 Å². The largest absolute Gasteiger partial charge is 0.480 e. The van der Waals surface area contributed by atoms with Crippen molar-refractivity contribution in [2.75, 3.05) is 25.0 Å². The van der Waals surface area contributed by atoms with Crippen LogP contribution in [0.25, 0.3) is 0 Å². The average molecular weight is 569 g/mol. The molecule has 3 aromatic rings. The number of aliphatic carboxylic acids is 1. The van der Waals surface area contributed by atoms with Gasteiger partial charge in [-0.2, -0.15) is 0 Å². The summed E-state index contributed by atoms with van der Waals surface area (Å²) in [7, 11) is 0. The van der Waals surface area contributed by atoms with Crippen molar-refractivity contribution in [3.8, 4) is 0 Å². The summed E-state index contributed by atoms with van der Waals surface area (Å²) >= 11 is 1.08. The number of thiazole rings is 1. The van der Waals surface area contributed by atoms with Crippen LogP contribution >= 0.6 is 11.3 Å². The van der Waals surface area contributed by atoms with Gasteiger partial charge < -0.3 is 31.1 Å². The third-order valence-electron chi connectivity index (χ3n) is 5.18. The molecular weight excluding hydrogens is 540 g/mol. The number of ketones is 1. The van der Waals surface area contributed by atoms with Crippen LogP contribution in [-0.2, 0) is 27.5 Å². The second kappa shape index (κ2) is 15.6. The Morgan fingerprint density at radius 1 is 0.900 bits per heavy atom. The number of urea groups is 1. The summed E-state index contributed by atoms with van der Waals surface area (Å²) in [5.41, 5.74) is 1.77. The molecule has 40 heavy (non-hydrogen) atoms. The predicted molar refractivity (Wildman–Crippen MR) is 146 cm³/mol. The number of hydrogen-bond acceptors (Lipinski definition) is 9. The number of alkyl carbamates (subject to hydrolysis) is 1. The summed E-state index contributed by atoms with van der Waals surface area (Å²) in [5, 5.41) is 23.5. The van der Waals surface area contributed by atoms with E-state index in [0.717, 1.165) is 22.5 Å². The Hall–Kier alpha value is -4.82. The molecule has 210 valence electrons. The third kappa shape index (κ3) is 10.5. The summed E-state index contributed by atoms with van der Waals surface area (Å²) in [5.74, 6) is -2.36. The monoisotopic (exact) mass is 568 g/mol. The van der Waals surface area contributed by atoms with Crippen molar-refractivity contribution in [1.29, 1.82) is 0 Å². The van der Waals surface area contributed by atoms with E-state index >= 15 is 0 Å². The van der Waals surface area contributed by atoms with Crippen LogP contribution in [0.5, 0.6) is 0 Å². The van der Waals surface area contributed by atoms with Crippen LogP contribution in [0.2, 0.25) is 0 Å². The Kier molecular flexibility index (Phi) is 11.6. The molecule has 0 saturated heterocycles. The zero-order valence-electron chi connectivity index (χ0n) is 21.2. The van der Waals surface area contributed by atoms with E-state index in [1.807, 2.05) is 30.3 Å². The number of rotatable bonds is 14. The van der Waals surface area contributed by atoms with E-state index in [1.54, 1.807) is 30.3 Å². The van der Waals surface area contributed by atoms with Gasteiger partial charge in [-0.1, -0.05) is 60.7 Å². The van der Waals surface area contributed by atoms with Crippen molar-refractivity contribution < 1.29 is 33.8 Å². The van der Waals surface area contributed by atoms with Crippen LogP contribution in [0.4, 0.5) is 14.7 Å². The average Bonchev–Trinajstić information content (AvgIpc) is 3.42. The number of hydrogen-bond donors (Lipinski definition) is 6. The number of nitrogens with one attached hydrogen (secondary N) is 5. The maximum atomic E-state index is 12.4. The van der Waals surface area contributed by atoms with E-state index < -0.39 is 42.4 Å². The summed E-state index contributed by atoms with van der Waals surface area (Å²) in [4.78, 5) is 63.9. The lowest BCUT2D eigenvalue weighted by atomic mass is 10.2. The normalized spacial score (nSPS) is 11.1. The number of nitrogens with zero attached hydrogens (tertiary/aromatic N) is 1. The molecule has 1 aromatic heterocycles. The maximum Gasteiger partial charge on any atom is 0.408 e. The number of anilines is 1. The third-order valence-corrected chi connectivity index (χ3v) is 5.94. The fraction of sp³-hybridized carbons (Fsp3) is 0.231. The van der Waals surface area contributed by atoms with Gasteiger partial charge >= 0.3 is 18.1 Å². The standard InChI is InChI=1S/C26H28N6O7S/c33-21(20-16-40-25(30-20)32-24(37)29-11-17-7-3-1-4-8-17)13-27-14-22(34)28-12-19(23(35)36)31-26(38)39-15-18-9-5-2-6-10-18/h1-10,16,19,27H,11-15H2,(H,28,34)(H,31,38)(H,35,36)(H2,29,30,32,37)/t19-/m1/s1. The Morgan fingerprint density at radius 3 is 2.25 bits per heavy atom. The summed E-state index contributed by atoms with van der Waals surface area (Å²) < 4.78 is 4.99. The summed E-state index contributed by atoms with van der Waals surface area (Å²) in [6.07, 6.45) is -0.944. The van der Waals surface area contributed by atoms with E-state index in [-0.39, 0.29) is 30.5 Å². The lowest BCUT2D eigenvalue weighted by molar-refractivity contribution is -0.139. The van der Waals surface area contributed by atoms with Crippen LogP contribution in [0, 0.1) is 0 Å². The molecule has 0 aliphatic rings. The molecule has 0 aliphatic heterocycles. The highest BCUT2D eigenvalue weighted by atomic mass is 32.1. The number of carboxylic acid groups (broad SMARTS) is 1. The Balaban J connectivity index is 1.33. The molecule has 0 aliphatic carbocycles. The number of Topliss-reactive ketones (excluding diaryl/α,β-unsaturated/α-hetero) is 1. The van der Waals surface area contributed by atoms with Crippen molar-refractivity contribution in [3.05, 3.63) is 82.9 Å². The minimum absolute atomic E-state index is 0.0404. The summed E-state index contributed by atoms with van der Waals surface area (Å²) in [6.45, 7) is -0.604. The van der Waals surface area contributed by atoms with Gasteiger partial charge in [-0.3, -0.25) is 14.9 Å². The predicted octanol–water partition coefficient (Wildman–Crippen LogP) is 1.73. The first-order valence-corrected chi connectivity index (χ1v) is 12.9. The fourth-order valence-electron chi connectivity index (χ4n) is 3.14. The molecule has 0 radical (unpaired) electrons. The molecule has 3 rings (SSSR count). The zero-order valence-corrected chi connectivity index (χ0v) is 22.0. The van der Waals surface area contributed by atoms with Gasteiger partial charge in [0.25, 0.3) is 0 Å². The van der Waals surface area contributed by atoms with E-state index in [2.05, 4.69) is 31.6 Å². The number of benzene rings is 2. The fourth-order valence-corrected chi connectivity index (χ4v) is 3.85. The number of carboxylic acids is 1. The molecule has 13 nitrogen and oxygen atoms in total. The Morgan fingerprint density at radius 2 is 1.57 bits per heavy atom. The van der Waals surface area contributed by atoms with Gasteiger partial charge in [0.05, 0.1) is 13.1 Å². The zero-order chi connectivity index (χ0) is 28.7. The molecule has 0 saturated carbocycles. The van der Waals surface area contributed by atoms with Gasteiger partial charge in [0.1, 0.15) is 18.3 Å². The maximum absolute atomic E-state index is 12.4. The van der Waals surface area contributed by atoms with Gasteiger partial charge in [-0.15, -0.1) is 11.3 Å². The molecule has 14 heteroatoms. The first-order valence-electron chi connectivity index (χ1n) is 12.0. The number of carbonyl (C=O) groups is 5. The highest BCUT2D eigenvalue weighted by Crippen LogP contribution is 2.15. The van der Waals surface area contributed by atoms with Crippen molar-refractivity contribution in [2.24, 2.45) is 0 Å². The number of carbonyl (C=O) groups excluding carboxylic acids is 4. The molecular formula is C26H28N6O7S. The van der Waals surface area contributed by atoms with Gasteiger partial charge in [-0.25, -0.2) is 19.4 Å². The number of ether oxygens (including phenoxy) is 1. The van der Waals surface area contributed by atoms with Crippen molar-refractivity contribution in [1.82, 2.24) is 26.3 Å². The van der Waals surface area contributed by atoms with Crippen LogP contribution in [0.1, 0.15) is 21.6 Å². The molecule has 1 heterocycles. The topological polar surface area (TPSA) is 188 Å². The van der Waals surface area contributed by atoms with Crippen LogP contribution < -0.4 is 26.6 Å². The van der Waals surface area contributed by atoms with Crippen LogP contribution in [0.3, 0.4) is 0 Å². The van der Waals surface area contributed by atoms with Crippen molar-refractivity contribution in [2.45, 2.75) is 19.2 Å². The molecule has 6 N–H and O–H groups in total. The first-order chi connectivity index (χ1) is 19.3. The first kappa shape index (κ1) is 29.7. The smallest absolute Gasteiger partial charge is 0.408 e. The lowest BCUT2D eigenvalue weighted by Gasteiger charge is -2.15. The number of aromatic nitrogens is 1. The molecule has 1 atom stereocenters. The minimum atomic E-state index is -1.42. The molecule has 0 spiro atoms. The van der Waals surface area contributed by atoms with Crippen molar-refractivity contribution in [3.63, 3.8) is 0 Å². The second-order valence-electron chi connectivity index (χ2n) is 8.26. The van der Waals surface area contributed by atoms with Gasteiger partial charge in [0, 0.05) is 18.5 Å². The van der Waals surface area contributed by atoms with Crippen LogP contribution in [-0.4, -0.2) is 65.6 Å². The number of amides is 4. The molecule has 0 fully saturated rings. The highest BCUT2D eigenvalue weighted by Gasteiger charge is 2.21. The van der Waals surface area contributed by atoms with Gasteiger partial charge in [0.15, 0.2) is 10.9 Å². The van der Waals surface area contributed by atoms with Crippen LogP contribution in [0.15, 0.2) is 66.0 Å². The molecule has 0 unspecified atom stereocenters. The van der Waals surface area contributed by atoms with E-state index in [4.69, 9.17) is 4.74 Å². The Bertz CT molecular complexity index is 1300. The minimum Gasteiger partial charge on any atom is -0.480 e. The van der Waals surface area contributed by atoms with Gasteiger partial charge in [0.2, 0.25) is 5.91 Å². The van der Waals surface area contributed by atoms with Crippen molar-refractivity contribution >= 4 is 46.3 Å². The quantitative estimate of drug-likeness (QED) is 0.157. The second-order valence-corrected chi connectivity index (χ2v) is 9.12. The van der Waals surface area contributed by atoms with Gasteiger partial charge in [-0.05, 0) is 11.1 Å².